The molecule has 1 unspecified atom stereocenters. The Hall–Kier alpha value is -3.81. The number of rotatable bonds is 6. The summed E-state index contributed by atoms with van der Waals surface area (Å²) < 4.78 is 5.20. The van der Waals surface area contributed by atoms with Gasteiger partial charge in [-0.05, 0) is 60.5 Å². The molecule has 184 valence electrons. The Kier molecular flexibility index (Phi) is 7.33. The molecule has 7 nitrogen and oxygen atoms in total. The maximum absolute atomic E-state index is 13.3. The van der Waals surface area contributed by atoms with E-state index in [-0.39, 0.29) is 44.8 Å². The minimum Gasteiger partial charge on any atom is -0.508 e. The number of phenolic OH excluding ortho intramolecular Hbond substituents is 1. The Morgan fingerprint density at radius 1 is 0.972 bits per heavy atom. The number of nitrogens with zero attached hydrogens (tertiary/aromatic N) is 1. The number of anilines is 1. The van der Waals surface area contributed by atoms with Crippen molar-refractivity contribution in [3.8, 4) is 5.75 Å². The van der Waals surface area contributed by atoms with E-state index >= 15 is 0 Å². The number of ketones is 1. The zero-order valence-corrected chi connectivity index (χ0v) is 20.6. The van der Waals surface area contributed by atoms with Gasteiger partial charge in [-0.1, -0.05) is 48.3 Å². The number of benzene rings is 3. The van der Waals surface area contributed by atoms with Crippen LogP contribution in [0.3, 0.4) is 0 Å². The average molecular weight is 526 g/mol. The molecule has 36 heavy (non-hydrogen) atoms. The summed E-state index contributed by atoms with van der Waals surface area (Å²) >= 11 is 12.1. The average Bonchev–Trinajstić information content (AvgIpc) is 3.14. The number of ether oxygens (including phenoxy) is 1. The molecule has 1 aliphatic rings. The van der Waals surface area contributed by atoms with E-state index in [9.17, 15) is 24.6 Å². The fourth-order valence-electron chi connectivity index (χ4n) is 3.93. The molecule has 1 fully saturated rings. The molecular weight excluding hydrogens is 505 g/mol. The van der Waals surface area contributed by atoms with Crippen LogP contribution in [-0.4, -0.2) is 34.5 Å². The summed E-state index contributed by atoms with van der Waals surface area (Å²) in [6, 6.07) is 15.3. The molecule has 0 spiro atoms. The van der Waals surface area contributed by atoms with Crippen LogP contribution in [0.1, 0.15) is 40.9 Å². The first kappa shape index (κ1) is 25.3. The van der Waals surface area contributed by atoms with Crippen molar-refractivity contribution in [2.24, 2.45) is 0 Å². The molecule has 4 rings (SSSR count). The number of aliphatic hydroxyl groups excluding tert-OH is 1. The summed E-state index contributed by atoms with van der Waals surface area (Å²) in [6.45, 7) is 2.11. The van der Waals surface area contributed by atoms with Gasteiger partial charge in [-0.25, -0.2) is 4.79 Å². The SMILES string of the molecule is CCCOC(=O)c1cccc(N2C(=O)C(=O)/C(=C(/O)c3ccc(Cl)c(Cl)c3)C2c2ccc(O)cc2)c1. The molecule has 1 amide bonds. The fraction of sp³-hybridized carbons (Fsp3) is 0.148. The minimum absolute atomic E-state index is 0.0131. The maximum atomic E-state index is 13.3. The van der Waals surface area contributed by atoms with Crippen molar-refractivity contribution >= 4 is 52.3 Å². The molecule has 3 aromatic rings. The van der Waals surface area contributed by atoms with Crippen LogP contribution in [0.25, 0.3) is 5.76 Å². The van der Waals surface area contributed by atoms with E-state index in [1.807, 2.05) is 6.92 Å². The molecule has 3 aromatic carbocycles. The topological polar surface area (TPSA) is 104 Å². The van der Waals surface area contributed by atoms with Crippen LogP contribution in [-0.2, 0) is 14.3 Å². The van der Waals surface area contributed by atoms with Crippen molar-refractivity contribution in [3.63, 3.8) is 0 Å². The number of carbonyl (C=O) groups is 3. The highest BCUT2D eigenvalue weighted by Crippen LogP contribution is 2.43. The number of halogens is 2. The predicted molar refractivity (Wildman–Crippen MR) is 136 cm³/mol. The van der Waals surface area contributed by atoms with Crippen molar-refractivity contribution in [3.05, 3.63) is 99.0 Å². The second kappa shape index (κ2) is 10.4. The van der Waals surface area contributed by atoms with E-state index in [0.717, 1.165) is 0 Å². The van der Waals surface area contributed by atoms with Crippen molar-refractivity contribution in [1.29, 1.82) is 0 Å². The second-order valence-electron chi connectivity index (χ2n) is 8.08. The van der Waals surface area contributed by atoms with E-state index in [0.29, 0.717) is 12.0 Å². The van der Waals surface area contributed by atoms with Gasteiger partial charge in [0.1, 0.15) is 11.5 Å². The van der Waals surface area contributed by atoms with Crippen LogP contribution >= 0.6 is 23.2 Å². The standard InChI is InChI=1S/C27H21Cl2NO6/c1-2-12-36-27(35)17-4-3-5-18(13-17)30-23(15-6-9-19(31)10-7-15)22(25(33)26(30)34)24(32)16-8-11-20(28)21(29)14-16/h3-11,13-14,23,31-32H,2,12H2,1H3/b24-22+. The van der Waals surface area contributed by atoms with Crippen LogP contribution in [0.2, 0.25) is 10.0 Å². The Morgan fingerprint density at radius 2 is 1.69 bits per heavy atom. The van der Waals surface area contributed by atoms with Gasteiger partial charge in [-0.3, -0.25) is 14.5 Å². The zero-order valence-electron chi connectivity index (χ0n) is 19.1. The predicted octanol–water partition coefficient (Wildman–Crippen LogP) is 5.89. The highest BCUT2D eigenvalue weighted by molar-refractivity contribution is 6.52. The van der Waals surface area contributed by atoms with Crippen LogP contribution in [0, 0.1) is 0 Å². The summed E-state index contributed by atoms with van der Waals surface area (Å²) in [5, 5.41) is 21.4. The minimum atomic E-state index is -1.05. The lowest BCUT2D eigenvalue weighted by molar-refractivity contribution is -0.132. The van der Waals surface area contributed by atoms with E-state index in [2.05, 4.69) is 0 Å². The van der Waals surface area contributed by atoms with E-state index in [1.165, 1.54) is 41.3 Å². The number of aliphatic hydroxyl groups is 1. The number of aromatic hydroxyl groups is 1. The molecule has 9 heteroatoms. The largest absolute Gasteiger partial charge is 0.508 e. The number of carbonyl (C=O) groups excluding carboxylic acids is 3. The third-order valence-electron chi connectivity index (χ3n) is 5.64. The van der Waals surface area contributed by atoms with Crippen molar-refractivity contribution in [2.45, 2.75) is 19.4 Å². The van der Waals surface area contributed by atoms with Gasteiger partial charge in [-0.2, -0.15) is 0 Å². The van der Waals surface area contributed by atoms with Crippen LogP contribution in [0.4, 0.5) is 5.69 Å². The Bertz CT molecular complexity index is 1380. The quantitative estimate of drug-likeness (QED) is 0.180. The number of Topliss-reactive ketones (excluding diaryl/α,β-unsaturated/α-hetero) is 1. The van der Waals surface area contributed by atoms with Gasteiger partial charge >= 0.3 is 5.97 Å². The molecule has 1 atom stereocenters. The van der Waals surface area contributed by atoms with Gasteiger partial charge < -0.3 is 14.9 Å². The molecule has 0 aliphatic carbocycles. The van der Waals surface area contributed by atoms with Gasteiger partial charge in [0, 0.05) is 11.3 Å². The molecule has 0 radical (unpaired) electrons. The van der Waals surface area contributed by atoms with Gasteiger partial charge in [0.05, 0.1) is 33.8 Å². The lowest BCUT2D eigenvalue weighted by Gasteiger charge is -2.26. The highest BCUT2D eigenvalue weighted by Gasteiger charge is 2.47. The molecule has 0 bridgehead atoms. The van der Waals surface area contributed by atoms with Crippen molar-refractivity contribution < 1.29 is 29.3 Å². The number of esters is 1. The lowest BCUT2D eigenvalue weighted by Crippen LogP contribution is -2.29. The van der Waals surface area contributed by atoms with Gasteiger partial charge in [0.2, 0.25) is 0 Å². The normalized spacial score (nSPS) is 16.9. The first-order valence-corrected chi connectivity index (χ1v) is 11.8. The summed E-state index contributed by atoms with van der Waals surface area (Å²) in [6.07, 6.45) is 0.648. The fourth-order valence-corrected chi connectivity index (χ4v) is 4.23. The van der Waals surface area contributed by atoms with Crippen molar-refractivity contribution in [1.82, 2.24) is 0 Å². The van der Waals surface area contributed by atoms with E-state index in [4.69, 9.17) is 27.9 Å². The van der Waals surface area contributed by atoms with Crippen LogP contribution in [0.15, 0.2) is 72.3 Å². The second-order valence-corrected chi connectivity index (χ2v) is 8.89. The van der Waals surface area contributed by atoms with Crippen LogP contribution < -0.4 is 4.90 Å². The summed E-state index contributed by atoms with van der Waals surface area (Å²) in [7, 11) is 0. The summed E-state index contributed by atoms with van der Waals surface area (Å²) in [4.78, 5) is 40.2. The lowest BCUT2D eigenvalue weighted by atomic mass is 9.95. The summed E-state index contributed by atoms with van der Waals surface area (Å²) in [5.74, 6) is -2.83. The first-order chi connectivity index (χ1) is 17.2. The number of amides is 1. The third kappa shape index (κ3) is 4.80. The molecule has 2 N–H and O–H groups in total. The molecule has 0 saturated carbocycles. The maximum Gasteiger partial charge on any atom is 0.338 e. The molecule has 0 aromatic heterocycles. The Morgan fingerprint density at radius 3 is 2.36 bits per heavy atom. The van der Waals surface area contributed by atoms with Crippen molar-refractivity contribution in [2.75, 3.05) is 11.5 Å². The molecular formula is C27H21Cl2NO6. The molecule has 1 saturated heterocycles. The monoisotopic (exact) mass is 525 g/mol. The highest BCUT2D eigenvalue weighted by atomic mass is 35.5. The van der Waals surface area contributed by atoms with Crippen LogP contribution in [0.5, 0.6) is 5.75 Å². The molecule has 1 aliphatic heterocycles. The zero-order chi connectivity index (χ0) is 26.0. The number of hydrogen-bond acceptors (Lipinski definition) is 6. The Labute approximate surface area is 217 Å². The number of hydrogen-bond donors (Lipinski definition) is 2. The van der Waals surface area contributed by atoms with Gasteiger partial charge in [0.15, 0.2) is 0 Å². The van der Waals surface area contributed by atoms with Gasteiger partial charge in [-0.15, -0.1) is 0 Å². The first-order valence-electron chi connectivity index (χ1n) is 11.1. The Balaban J connectivity index is 1.88. The summed E-state index contributed by atoms with van der Waals surface area (Å²) in [5.41, 5.74) is 0.935. The van der Waals surface area contributed by atoms with E-state index in [1.54, 1.807) is 30.3 Å². The molecule has 1 heterocycles. The number of phenols is 1. The third-order valence-corrected chi connectivity index (χ3v) is 6.38. The smallest absolute Gasteiger partial charge is 0.338 e. The van der Waals surface area contributed by atoms with Gasteiger partial charge in [0.25, 0.3) is 11.7 Å². The van der Waals surface area contributed by atoms with E-state index < -0.39 is 29.5 Å².